The van der Waals surface area contributed by atoms with Crippen LogP contribution in [0.4, 0.5) is 0 Å². The number of thioether (sulfide) groups is 1. The Morgan fingerprint density at radius 3 is 2.65 bits per heavy atom. The second kappa shape index (κ2) is 4.95. The number of carboxylic acids is 1. The van der Waals surface area contributed by atoms with Crippen molar-refractivity contribution in [1.29, 1.82) is 0 Å². The molecule has 20 heavy (non-hydrogen) atoms. The third-order valence-corrected chi connectivity index (χ3v) is 5.48. The maximum atomic E-state index is 12.6. The zero-order valence-electron chi connectivity index (χ0n) is 11.3. The molecule has 0 aromatic heterocycles. The molecule has 2 aliphatic heterocycles. The molecule has 0 radical (unpaired) electrons. The first-order valence-electron chi connectivity index (χ1n) is 6.95. The van der Waals surface area contributed by atoms with E-state index in [1.54, 1.807) is 4.90 Å². The molecule has 2 saturated heterocycles. The summed E-state index contributed by atoms with van der Waals surface area (Å²) in [6.07, 6.45) is 2.29. The van der Waals surface area contributed by atoms with Gasteiger partial charge < -0.3 is 14.9 Å². The van der Waals surface area contributed by atoms with Crippen molar-refractivity contribution < 1.29 is 19.5 Å². The number of aliphatic carboxylic acids is 1. The summed E-state index contributed by atoms with van der Waals surface area (Å²) in [6, 6.07) is -0.437. The van der Waals surface area contributed by atoms with Crippen LogP contribution in [0, 0.1) is 5.92 Å². The number of likely N-dealkylation sites (tertiary alicyclic amines) is 1. The van der Waals surface area contributed by atoms with Gasteiger partial charge in [-0.3, -0.25) is 9.59 Å². The molecule has 2 amide bonds. The molecule has 3 atom stereocenters. The third-order valence-electron chi connectivity index (χ3n) is 4.26. The van der Waals surface area contributed by atoms with E-state index in [0.717, 1.165) is 12.8 Å². The van der Waals surface area contributed by atoms with Crippen LogP contribution in [0.3, 0.4) is 0 Å². The summed E-state index contributed by atoms with van der Waals surface area (Å²) in [5, 5.41) is 9.08. The fraction of sp³-hybridized carbons (Fsp3) is 0.769. The van der Waals surface area contributed by atoms with Gasteiger partial charge in [-0.2, -0.15) is 0 Å². The van der Waals surface area contributed by atoms with Gasteiger partial charge >= 0.3 is 5.97 Å². The minimum atomic E-state index is -0.960. The van der Waals surface area contributed by atoms with Crippen molar-refractivity contribution in [2.45, 2.75) is 43.6 Å². The van der Waals surface area contributed by atoms with Crippen LogP contribution in [0.25, 0.3) is 0 Å². The van der Waals surface area contributed by atoms with E-state index in [1.807, 2.05) is 6.92 Å². The van der Waals surface area contributed by atoms with E-state index in [2.05, 4.69) is 0 Å². The molecule has 0 spiro atoms. The first-order chi connectivity index (χ1) is 9.49. The van der Waals surface area contributed by atoms with Gasteiger partial charge in [-0.1, -0.05) is 0 Å². The molecule has 0 bridgehead atoms. The Kier molecular flexibility index (Phi) is 3.40. The highest BCUT2D eigenvalue weighted by Crippen LogP contribution is 2.36. The Bertz CT molecular complexity index is 465. The molecule has 0 aromatic rings. The van der Waals surface area contributed by atoms with Crippen LogP contribution in [0.2, 0.25) is 0 Å². The second-order valence-electron chi connectivity index (χ2n) is 5.71. The summed E-state index contributed by atoms with van der Waals surface area (Å²) in [7, 11) is 0. The molecule has 3 rings (SSSR count). The number of hydrogen-bond acceptors (Lipinski definition) is 4. The summed E-state index contributed by atoms with van der Waals surface area (Å²) < 4.78 is 0. The first kappa shape index (κ1) is 13.7. The summed E-state index contributed by atoms with van der Waals surface area (Å²) in [4.78, 5) is 39.0. The number of carbonyl (C=O) groups excluding carboxylic acids is 2. The monoisotopic (exact) mass is 298 g/mol. The molecule has 6 nitrogen and oxygen atoms in total. The van der Waals surface area contributed by atoms with Crippen molar-refractivity contribution in [2.75, 3.05) is 12.3 Å². The fourth-order valence-electron chi connectivity index (χ4n) is 3.01. The van der Waals surface area contributed by atoms with Gasteiger partial charge in [0.05, 0.1) is 11.3 Å². The highest BCUT2D eigenvalue weighted by Gasteiger charge is 2.47. The van der Waals surface area contributed by atoms with E-state index in [0.29, 0.717) is 18.3 Å². The zero-order valence-corrected chi connectivity index (χ0v) is 12.1. The second-order valence-corrected chi connectivity index (χ2v) is 7.06. The lowest BCUT2D eigenvalue weighted by Gasteiger charge is -2.27. The normalized spacial score (nSPS) is 33.9. The lowest BCUT2D eigenvalue weighted by molar-refractivity contribution is -0.150. The standard InChI is InChI=1S/C13H18N2O4S/c1-7-15(10(6-20-7)13(18)19)12(17)8-4-11(16)14(5-8)9-2-3-9/h7-10H,2-6H2,1H3,(H,18,19). The summed E-state index contributed by atoms with van der Waals surface area (Å²) in [5.74, 6) is -1.04. The van der Waals surface area contributed by atoms with E-state index >= 15 is 0 Å². The number of nitrogens with zero attached hydrogens (tertiary/aromatic N) is 2. The Balaban J connectivity index is 1.72. The van der Waals surface area contributed by atoms with Gasteiger partial charge in [0.15, 0.2) is 0 Å². The van der Waals surface area contributed by atoms with Gasteiger partial charge in [0, 0.05) is 24.8 Å². The van der Waals surface area contributed by atoms with Crippen molar-refractivity contribution in [2.24, 2.45) is 5.92 Å². The average molecular weight is 298 g/mol. The van der Waals surface area contributed by atoms with Gasteiger partial charge in [-0.05, 0) is 19.8 Å². The summed E-state index contributed by atoms with van der Waals surface area (Å²) in [5.41, 5.74) is 0. The van der Waals surface area contributed by atoms with Crippen LogP contribution in [-0.4, -0.2) is 62.4 Å². The Morgan fingerprint density at radius 1 is 1.35 bits per heavy atom. The summed E-state index contributed by atoms with van der Waals surface area (Å²) in [6.45, 7) is 2.31. The Morgan fingerprint density at radius 2 is 2.05 bits per heavy atom. The first-order valence-corrected chi connectivity index (χ1v) is 8.00. The van der Waals surface area contributed by atoms with Crippen molar-refractivity contribution in [3.63, 3.8) is 0 Å². The molecule has 3 fully saturated rings. The Labute approximate surface area is 121 Å². The van der Waals surface area contributed by atoms with Gasteiger partial charge in [-0.25, -0.2) is 4.79 Å². The predicted octanol–water partition coefficient (Wildman–Crippen LogP) is 0.372. The number of carboxylic acid groups (broad SMARTS) is 1. The highest BCUT2D eigenvalue weighted by atomic mass is 32.2. The number of rotatable bonds is 3. The van der Waals surface area contributed by atoms with Crippen LogP contribution in [-0.2, 0) is 14.4 Å². The quantitative estimate of drug-likeness (QED) is 0.814. The molecule has 7 heteroatoms. The SMILES string of the molecule is CC1SCC(C(=O)O)N1C(=O)C1CC(=O)N(C2CC2)C1. The van der Waals surface area contributed by atoms with Crippen LogP contribution in [0.1, 0.15) is 26.2 Å². The van der Waals surface area contributed by atoms with Crippen molar-refractivity contribution in [3.05, 3.63) is 0 Å². The van der Waals surface area contributed by atoms with Crippen LogP contribution in [0.5, 0.6) is 0 Å². The fourth-order valence-corrected chi connectivity index (χ4v) is 4.19. The van der Waals surface area contributed by atoms with E-state index < -0.39 is 12.0 Å². The smallest absolute Gasteiger partial charge is 0.327 e. The lowest BCUT2D eigenvalue weighted by Crippen LogP contribution is -2.47. The molecular formula is C13H18N2O4S. The zero-order chi connectivity index (χ0) is 14.4. The van der Waals surface area contributed by atoms with Crippen molar-refractivity contribution in [1.82, 2.24) is 9.80 Å². The maximum absolute atomic E-state index is 12.6. The number of amides is 2. The van der Waals surface area contributed by atoms with E-state index in [-0.39, 0.29) is 29.5 Å². The minimum absolute atomic E-state index is 0.0391. The average Bonchev–Trinajstić information content (AvgIpc) is 3.05. The van der Waals surface area contributed by atoms with Crippen LogP contribution in [0.15, 0.2) is 0 Å². The van der Waals surface area contributed by atoms with Crippen LogP contribution < -0.4 is 0 Å². The molecule has 1 N–H and O–H groups in total. The third kappa shape index (κ3) is 2.28. The molecule has 1 saturated carbocycles. The van der Waals surface area contributed by atoms with Crippen molar-refractivity contribution >= 4 is 29.5 Å². The molecule has 1 aliphatic carbocycles. The molecule has 3 aliphatic rings. The molecule has 2 heterocycles. The van der Waals surface area contributed by atoms with E-state index in [4.69, 9.17) is 0 Å². The highest BCUT2D eigenvalue weighted by molar-refractivity contribution is 8.00. The minimum Gasteiger partial charge on any atom is -0.480 e. The van der Waals surface area contributed by atoms with Gasteiger partial charge in [0.1, 0.15) is 6.04 Å². The Hall–Kier alpha value is -1.24. The largest absolute Gasteiger partial charge is 0.480 e. The number of hydrogen-bond donors (Lipinski definition) is 1. The number of carbonyl (C=O) groups is 3. The van der Waals surface area contributed by atoms with E-state index in [1.165, 1.54) is 16.7 Å². The van der Waals surface area contributed by atoms with Gasteiger partial charge in [0.25, 0.3) is 0 Å². The molecule has 3 unspecified atom stereocenters. The maximum Gasteiger partial charge on any atom is 0.327 e. The topological polar surface area (TPSA) is 77.9 Å². The van der Waals surface area contributed by atoms with Crippen molar-refractivity contribution in [3.8, 4) is 0 Å². The predicted molar refractivity (Wildman–Crippen MR) is 73.0 cm³/mol. The van der Waals surface area contributed by atoms with Crippen LogP contribution >= 0.6 is 11.8 Å². The van der Waals surface area contributed by atoms with Gasteiger partial charge in [0.2, 0.25) is 11.8 Å². The molecule has 110 valence electrons. The summed E-state index contributed by atoms with van der Waals surface area (Å²) >= 11 is 1.47. The van der Waals surface area contributed by atoms with E-state index in [9.17, 15) is 19.5 Å². The molecular weight excluding hydrogens is 280 g/mol. The lowest BCUT2D eigenvalue weighted by atomic mass is 10.1. The van der Waals surface area contributed by atoms with Gasteiger partial charge in [-0.15, -0.1) is 11.8 Å². The molecule has 0 aromatic carbocycles.